The number of carbonyl (C=O) groups is 2. The molecule has 1 heterocycles. The number of halogens is 1. The number of rotatable bonds is 2. The summed E-state index contributed by atoms with van der Waals surface area (Å²) in [6.45, 7) is 2.37. The van der Waals surface area contributed by atoms with E-state index in [0.29, 0.717) is 13.0 Å². The van der Waals surface area contributed by atoms with E-state index in [1.54, 1.807) is 4.90 Å². The number of aryl methyl sites for hydroxylation is 1. The summed E-state index contributed by atoms with van der Waals surface area (Å²) in [6, 6.07) is 5.60. The predicted octanol–water partition coefficient (Wildman–Crippen LogP) is 2.20. The number of hydrogen-bond donors (Lipinski definition) is 1. The van der Waals surface area contributed by atoms with Gasteiger partial charge in [-0.15, -0.1) is 0 Å². The Bertz CT molecular complexity index is 487. The summed E-state index contributed by atoms with van der Waals surface area (Å²) in [5, 5.41) is 8.91. The van der Waals surface area contributed by atoms with Gasteiger partial charge in [-0.25, -0.2) is 0 Å². The molecule has 0 spiro atoms. The highest BCUT2D eigenvalue weighted by Gasteiger charge is 2.37. The molecule has 1 aliphatic rings. The fourth-order valence-corrected chi connectivity index (χ4v) is 2.55. The molecule has 1 aromatic carbocycles. The number of aliphatic carboxylic acids is 1. The SMILES string of the molecule is Cc1cc(Br)ccc1N1CCC(C(=O)O)C1=O. The molecule has 1 amide bonds. The fraction of sp³-hybridized carbons (Fsp3) is 0.333. The van der Waals surface area contributed by atoms with E-state index in [1.165, 1.54) is 0 Å². The van der Waals surface area contributed by atoms with Gasteiger partial charge in [0.15, 0.2) is 0 Å². The van der Waals surface area contributed by atoms with E-state index in [1.807, 2.05) is 25.1 Å². The monoisotopic (exact) mass is 297 g/mol. The number of amides is 1. The van der Waals surface area contributed by atoms with Crippen LogP contribution in [0, 0.1) is 12.8 Å². The second kappa shape index (κ2) is 4.49. The van der Waals surface area contributed by atoms with Gasteiger partial charge in [0.2, 0.25) is 5.91 Å². The fourth-order valence-electron chi connectivity index (χ4n) is 2.07. The number of anilines is 1. The molecule has 2 rings (SSSR count). The molecule has 1 atom stereocenters. The maximum Gasteiger partial charge on any atom is 0.316 e. The minimum absolute atomic E-state index is 0.317. The number of carboxylic acid groups (broad SMARTS) is 1. The van der Waals surface area contributed by atoms with Crippen molar-refractivity contribution in [2.45, 2.75) is 13.3 Å². The molecule has 17 heavy (non-hydrogen) atoms. The minimum Gasteiger partial charge on any atom is -0.481 e. The van der Waals surface area contributed by atoms with Gasteiger partial charge in [0.05, 0.1) is 0 Å². The summed E-state index contributed by atoms with van der Waals surface area (Å²) >= 11 is 3.36. The molecule has 0 aromatic heterocycles. The molecule has 4 nitrogen and oxygen atoms in total. The van der Waals surface area contributed by atoms with E-state index >= 15 is 0 Å². The molecule has 1 aliphatic heterocycles. The van der Waals surface area contributed by atoms with Crippen LogP contribution in [-0.2, 0) is 9.59 Å². The zero-order valence-electron chi connectivity index (χ0n) is 9.31. The second-order valence-corrected chi connectivity index (χ2v) is 5.02. The summed E-state index contributed by atoms with van der Waals surface area (Å²) in [4.78, 5) is 24.3. The molecular weight excluding hydrogens is 286 g/mol. The summed E-state index contributed by atoms with van der Waals surface area (Å²) < 4.78 is 0.945. The van der Waals surface area contributed by atoms with Gasteiger partial charge in [-0.05, 0) is 37.1 Å². The maximum absolute atomic E-state index is 11.9. The Morgan fingerprint density at radius 3 is 2.76 bits per heavy atom. The van der Waals surface area contributed by atoms with Crippen LogP contribution in [0.2, 0.25) is 0 Å². The topological polar surface area (TPSA) is 57.6 Å². The second-order valence-electron chi connectivity index (χ2n) is 4.10. The third kappa shape index (κ3) is 2.20. The third-order valence-electron chi connectivity index (χ3n) is 2.95. The average molecular weight is 298 g/mol. The summed E-state index contributed by atoms with van der Waals surface area (Å²) in [5.41, 5.74) is 1.75. The van der Waals surface area contributed by atoms with Crippen molar-refractivity contribution in [1.82, 2.24) is 0 Å². The molecule has 5 heteroatoms. The van der Waals surface area contributed by atoms with Gasteiger partial charge in [-0.2, -0.15) is 0 Å². The lowest BCUT2D eigenvalue weighted by Crippen LogP contribution is -2.30. The lowest BCUT2D eigenvalue weighted by Gasteiger charge is -2.18. The van der Waals surface area contributed by atoms with Gasteiger partial charge in [0.25, 0.3) is 0 Å². The van der Waals surface area contributed by atoms with Crippen LogP contribution in [0.15, 0.2) is 22.7 Å². The summed E-state index contributed by atoms with van der Waals surface area (Å²) in [7, 11) is 0. The Hall–Kier alpha value is -1.36. The van der Waals surface area contributed by atoms with Crippen molar-refractivity contribution in [3.63, 3.8) is 0 Å². The Kier molecular flexibility index (Phi) is 3.19. The molecule has 0 bridgehead atoms. The number of carboxylic acids is 1. The average Bonchev–Trinajstić information content (AvgIpc) is 2.60. The molecule has 0 aliphatic carbocycles. The quantitative estimate of drug-likeness (QED) is 0.852. The van der Waals surface area contributed by atoms with Crippen molar-refractivity contribution in [2.24, 2.45) is 5.92 Å². The van der Waals surface area contributed by atoms with E-state index in [-0.39, 0.29) is 5.91 Å². The van der Waals surface area contributed by atoms with Crippen LogP contribution in [0.1, 0.15) is 12.0 Å². The van der Waals surface area contributed by atoms with Crippen LogP contribution in [0.5, 0.6) is 0 Å². The highest BCUT2D eigenvalue weighted by atomic mass is 79.9. The standard InChI is InChI=1S/C12H12BrNO3/c1-7-6-8(13)2-3-10(7)14-5-4-9(11(14)15)12(16)17/h2-3,6,9H,4-5H2,1H3,(H,16,17). The molecule has 0 radical (unpaired) electrons. The Labute approximate surface area is 107 Å². The Morgan fingerprint density at radius 1 is 1.53 bits per heavy atom. The molecule has 1 fully saturated rings. The van der Waals surface area contributed by atoms with Crippen LogP contribution in [0.25, 0.3) is 0 Å². The molecule has 90 valence electrons. The van der Waals surface area contributed by atoms with E-state index < -0.39 is 11.9 Å². The molecular formula is C12H12BrNO3. The smallest absolute Gasteiger partial charge is 0.316 e. The van der Waals surface area contributed by atoms with Crippen molar-refractivity contribution < 1.29 is 14.7 Å². The van der Waals surface area contributed by atoms with Crippen molar-refractivity contribution in [2.75, 3.05) is 11.4 Å². The maximum atomic E-state index is 11.9. The molecule has 1 N–H and O–H groups in total. The first kappa shape index (κ1) is 12.1. The van der Waals surface area contributed by atoms with E-state index in [2.05, 4.69) is 15.9 Å². The number of hydrogen-bond acceptors (Lipinski definition) is 2. The van der Waals surface area contributed by atoms with E-state index in [4.69, 9.17) is 5.11 Å². The summed E-state index contributed by atoms with van der Waals surface area (Å²) in [5.74, 6) is -2.24. The van der Waals surface area contributed by atoms with Crippen LogP contribution in [0.4, 0.5) is 5.69 Å². The van der Waals surface area contributed by atoms with Gasteiger partial charge in [-0.3, -0.25) is 9.59 Å². The van der Waals surface area contributed by atoms with Crippen LogP contribution >= 0.6 is 15.9 Å². The van der Waals surface area contributed by atoms with Gasteiger partial charge in [-0.1, -0.05) is 15.9 Å². The molecule has 1 aromatic rings. The Morgan fingerprint density at radius 2 is 2.24 bits per heavy atom. The normalized spacial score (nSPS) is 19.8. The van der Waals surface area contributed by atoms with Crippen molar-refractivity contribution in [3.8, 4) is 0 Å². The lowest BCUT2D eigenvalue weighted by atomic mass is 10.1. The van der Waals surface area contributed by atoms with Crippen LogP contribution in [0.3, 0.4) is 0 Å². The largest absolute Gasteiger partial charge is 0.481 e. The summed E-state index contributed by atoms with van der Waals surface area (Å²) in [6.07, 6.45) is 0.379. The first-order valence-corrected chi connectivity index (χ1v) is 6.10. The predicted molar refractivity (Wildman–Crippen MR) is 67.0 cm³/mol. The van der Waals surface area contributed by atoms with Gasteiger partial charge in [0.1, 0.15) is 5.92 Å². The van der Waals surface area contributed by atoms with Crippen molar-refractivity contribution >= 4 is 33.5 Å². The van der Waals surface area contributed by atoms with Gasteiger partial charge < -0.3 is 10.0 Å². The first-order chi connectivity index (χ1) is 8.00. The third-order valence-corrected chi connectivity index (χ3v) is 3.45. The zero-order valence-corrected chi connectivity index (χ0v) is 10.9. The van der Waals surface area contributed by atoms with E-state index in [9.17, 15) is 9.59 Å². The Balaban J connectivity index is 2.30. The van der Waals surface area contributed by atoms with Crippen LogP contribution in [-0.4, -0.2) is 23.5 Å². The molecule has 1 saturated heterocycles. The van der Waals surface area contributed by atoms with Crippen molar-refractivity contribution in [1.29, 1.82) is 0 Å². The molecule has 1 unspecified atom stereocenters. The number of benzene rings is 1. The minimum atomic E-state index is -1.03. The van der Waals surface area contributed by atoms with E-state index in [0.717, 1.165) is 15.7 Å². The zero-order chi connectivity index (χ0) is 12.6. The molecule has 0 saturated carbocycles. The van der Waals surface area contributed by atoms with Crippen LogP contribution < -0.4 is 4.90 Å². The van der Waals surface area contributed by atoms with Crippen molar-refractivity contribution in [3.05, 3.63) is 28.2 Å². The van der Waals surface area contributed by atoms with Gasteiger partial charge >= 0.3 is 5.97 Å². The number of nitrogens with zero attached hydrogens (tertiary/aromatic N) is 1. The highest BCUT2D eigenvalue weighted by molar-refractivity contribution is 9.10. The first-order valence-electron chi connectivity index (χ1n) is 5.31. The number of carbonyl (C=O) groups excluding carboxylic acids is 1. The van der Waals surface area contributed by atoms with Gasteiger partial charge in [0, 0.05) is 16.7 Å². The highest BCUT2D eigenvalue weighted by Crippen LogP contribution is 2.29. The lowest BCUT2D eigenvalue weighted by molar-refractivity contribution is -0.144.